The van der Waals surface area contributed by atoms with Crippen molar-refractivity contribution in [1.29, 1.82) is 0 Å². The van der Waals surface area contributed by atoms with Crippen molar-refractivity contribution in [3.05, 3.63) is 15.3 Å². The molecule has 0 aromatic rings. The van der Waals surface area contributed by atoms with E-state index in [0.717, 1.165) is 0 Å². The second kappa shape index (κ2) is 3.26. The average Bonchev–Trinajstić information content (AvgIpc) is 0.811. The van der Waals surface area contributed by atoms with Crippen molar-refractivity contribution < 1.29 is 5.09 Å². The monoisotopic (exact) mass is 73.0 g/mol. The average molecular weight is 72.8 g/mol. The Kier molecular flexibility index (Phi) is 5.79. The van der Waals surface area contributed by atoms with Gasteiger partial charge in [0, 0.05) is 8.41 Å². The first-order valence-corrected chi connectivity index (χ1v) is 0.548. The summed E-state index contributed by atoms with van der Waals surface area (Å²) in [6.07, 6.45) is 0. The molecule has 0 N–H and O–H groups in total. The lowest BCUT2D eigenvalue weighted by atomic mass is 10.8. The number of nitrogens with zero attached hydrogens (tertiary/aromatic N) is 1. The van der Waals surface area contributed by atoms with Crippen LogP contribution in [0.15, 0.2) is 0 Å². The maximum absolute atomic E-state index is 8.25. The van der Waals surface area contributed by atoms with Crippen LogP contribution in [0.3, 0.4) is 0 Å². The molecule has 5 heavy (non-hydrogen) atoms. The topological polar surface area (TPSA) is 66.2 Å². The Morgan fingerprint density at radius 2 is 1.40 bits per heavy atom. The summed E-state index contributed by atoms with van der Waals surface area (Å²) in [7, 11) is 0. The number of rotatable bonds is 0. The van der Waals surface area contributed by atoms with Gasteiger partial charge in [0.2, 0.25) is 0 Å². The lowest BCUT2D eigenvalue weighted by Crippen LogP contribution is -1.74. The van der Waals surface area contributed by atoms with Gasteiger partial charge >= 0.3 is 0 Å². The summed E-state index contributed by atoms with van der Waals surface area (Å²) in [5.41, 5.74) is 0. The van der Waals surface area contributed by atoms with Crippen molar-refractivity contribution >= 4 is 8.41 Å². The molecule has 0 aromatic heterocycles. The molecule has 0 spiro atoms. The molecular weight excluding hydrogens is 72.8 g/mol. The van der Waals surface area contributed by atoms with Gasteiger partial charge in [0.15, 0.2) is 0 Å². The first-order chi connectivity index (χ1) is 1.73. The molecule has 0 aromatic carbocycles. The normalized spacial score (nSPS) is 4.80. The van der Waals surface area contributed by atoms with Crippen LogP contribution in [0.2, 0.25) is 0 Å². The third-order valence-corrected chi connectivity index (χ3v) is 0. The number of hydrogen-bond donors (Lipinski definition) is 0. The van der Waals surface area contributed by atoms with Crippen molar-refractivity contribution in [1.82, 2.24) is 0 Å². The van der Waals surface area contributed by atoms with Gasteiger partial charge in [0.1, 0.15) is 0 Å². The highest BCUT2D eigenvalue weighted by Crippen LogP contribution is 1.44. The van der Waals surface area contributed by atoms with Gasteiger partial charge in [-0.2, -0.15) is 0 Å². The highest BCUT2D eigenvalue weighted by Gasteiger charge is 1.45. The van der Waals surface area contributed by atoms with Crippen LogP contribution in [-0.2, 0) is 0 Å². The lowest BCUT2D eigenvalue weighted by molar-refractivity contribution is -0.402. The zero-order valence-electron chi connectivity index (χ0n) is 2.25. The van der Waals surface area contributed by atoms with Gasteiger partial charge < -0.3 is 15.3 Å². The molecule has 3 radical (unpaired) electrons. The highest BCUT2D eigenvalue weighted by atomic mass is 16.9. The predicted molar refractivity (Wildman–Crippen MR) is 16.1 cm³/mol. The van der Waals surface area contributed by atoms with E-state index in [0.29, 0.717) is 0 Å². The van der Waals surface area contributed by atoms with Gasteiger partial charge in [-0.1, -0.05) is 0 Å². The summed E-state index contributed by atoms with van der Waals surface area (Å²) >= 11 is 0. The fourth-order valence-electron chi connectivity index (χ4n) is 0. The Hall–Kier alpha value is -0.735. The van der Waals surface area contributed by atoms with E-state index in [2.05, 4.69) is 0 Å². The fraction of sp³-hybridized carbons (Fsp3) is 0. The summed E-state index contributed by atoms with van der Waals surface area (Å²) in [5.74, 6) is 0. The van der Waals surface area contributed by atoms with E-state index in [1.807, 2.05) is 0 Å². The van der Waals surface area contributed by atoms with Crippen LogP contribution in [0.4, 0.5) is 0 Å². The van der Waals surface area contributed by atoms with E-state index >= 15 is 0 Å². The maximum atomic E-state index is 8.25. The van der Waals surface area contributed by atoms with Crippen LogP contribution in [0.5, 0.6) is 0 Å². The molecule has 0 heterocycles. The Morgan fingerprint density at radius 3 is 1.40 bits per heavy atom. The molecule has 27 valence electrons. The standard InChI is InChI=1S/B.NO3/c;2-1(3)4/q;-1. The van der Waals surface area contributed by atoms with E-state index < -0.39 is 5.09 Å². The predicted octanol–water partition coefficient (Wildman–Crippen LogP) is -0.620. The van der Waals surface area contributed by atoms with Crippen LogP contribution < -0.4 is 0 Å². The molecule has 0 aliphatic carbocycles. The van der Waals surface area contributed by atoms with Gasteiger partial charge in [-0.05, 0) is 0 Å². The van der Waals surface area contributed by atoms with E-state index in [-0.39, 0.29) is 8.41 Å². The third-order valence-electron chi connectivity index (χ3n) is 0. The van der Waals surface area contributed by atoms with Gasteiger partial charge in [-0.25, -0.2) is 0 Å². The summed E-state index contributed by atoms with van der Waals surface area (Å²) in [6.45, 7) is 0. The largest absolute Gasteiger partial charge is 0.356 e. The molecule has 4 nitrogen and oxygen atoms in total. The Morgan fingerprint density at radius 1 is 1.40 bits per heavy atom. The van der Waals surface area contributed by atoms with Crippen LogP contribution in [-0.4, -0.2) is 13.5 Å². The Balaban J connectivity index is 0. The molecule has 0 fully saturated rings. The second-order valence-electron chi connectivity index (χ2n) is 0.224. The first-order valence-electron chi connectivity index (χ1n) is 0.548. The quantitative estimate of drug-likeness (QED) is 0.218. The molecule has 0 atom stereocenters. The minimum Gasteiger partial charge on any atom is -0.356 e. The summed E-state index contributed by atoms with van der Waals surface area (Å²) < 4.78 is 0. The zero-order valence-corrected chi connectivity index (χ0v) is 2.25. The Bertz CT molecular complexity index is 29.9. The molecule has 0 bridgehead atoms. The summed E-state index contributed by atoms with van der Waals surface area (Å²) in [5, 5.41) is 14.8. The van der Waals surface area contributed by atoms with Crippen LogP contribution in [0.1, 0.15) is 0 Å². The highest BCUT2D eigenvalue weighted by molar-refractivity contribution is 5.75. The molecule has 0 saturated heterocycles. The van der Waals surface area contributed by atoms with Gasteiger partial charge in [-0.3, -0.25) is 0 Å². The molecule has 0 amide bonds. The molecular formula is BNO3-. The second-order valence-corrected chi connectivity index (χ2v) is 0.224. The SMILES string of the molecule is O=[N+]([O-])[O-].[B]. The van der Waals surface area contributed by atoms with E-state index in [1.165, 1.54) is 0 Å². The smallest absolute Gasteiger partial charge is 0.0689 e. The van der Waals surface area contributed by atoms with Gasteiger partial charge in [0.05, 0.1) is 5.09 Å². The van der Waals surface area contributed by atoms with Crippen molar-refractivity contribution in [2.45, 2.75) is 0 Å². The Labute approximate surface area is 30.1 Å². The first kappa shape index (κ1) is 8.86. The van der Waals surface area contributed by atoms with Crippen LogP contribution in [0.25, 0.3) is 0 Å². The summed E-state index contributed by atoms with van der Waals surface area (Å²) in [6, 6.07) is 0. The maximum Gasteiger partial charge on any atom is 0.0689 e. The van der Waals surface area contributed by atoms with E-state index in [4.69, 9.17) is 15.3 Å². The fourth-order valence-corrected chi connectivity index (χ4v) is 0. The minimum atomic E-state index is -1.75. The molecule has 0 unspecified atom stereocenters. The minimum absolute atomic E-state index is 0. The molecule has 0 aliphatic rings. The molecule has 0 rings (SSSR count). The summed E-state index contributed by atoms with van der Waals surface area (Å²) in [4.78, 5) is 8.25. The molecule has 0 saturated carbocycles. The lowest BCUT2D eigenvalue weighted by Gasteiger charge is -1.74. The number of hydrogen-bond acceptors (Lipinski definition) is 3. The van der Waals surface area contributed by atoms with Crippen molar-refractivity contribution in [3.63, 3.8) is 0 Å². The molecule has 0 aliphatic heterocycles. The third kappa shape index (κ3) is 9.67. The van der Waals surface area contributed by atoms with Crippen molar-refractivity contribution in [2.24, 2.45) is 0 Å². The van der Waals surface area contributed by atoms with Crippen molar-refractivity contribution in [3.8, 4) is 0 Å². The van der Waals surface area contributed by atoms with Gasteiger partial charge in [0.25, 0.3) is 0 Å². The van der Waals surface area contributed by atoms with E-state index in [1.54, 1.807) is 0 Å². The zero-order chi connectivity index (χ0) is 3.58. The van der Waals surface area contributed by atoms with Crippen molar-refractivity contribution in [2.75, 3.05) is 0 Å². The molecule has 5 heteroatoms. The van der Waals surface area contributed by atoms with Gasteiger partial charge in [-0.15, -0.1) is 0 Å². The van der Waals surface area contributed by atoms with E-state index in [9.17, 15) is 0 Å². The van der Waals surface area contributed by atoms with Crippen LogP contribution in [0, 0.1) is 15.3 Å². The van der Waals surface area contributed by atoms with Crippen LogP contribution >= 0.6 is 0 Å².